The van der Waals surface area contributed by atoms with Gasteiger partial charge in [-0.05, 0) is 161 Å². The second-order valence-electron chi connectivity index (χ2n) is 33.5. The molecule has 0 bridgehead atoms. The van der Waals surface area contributed by atoms with Crippen LogP contribution in [0, 0.1) is 0 Å². The van der Waals surface area contributed by atoms with Gasteiger partial charge in [0.2, 0.25) is 0 Å². The van der Waals surface area contributed by atoms with Crippen LogP contribution in [0.2, 0.25) is 0 Å². The summed E-state index contributed by atoms with van der Waals surface area (Å²) >= 11 is 0. The van der Waals surface area contributed by atoms with E-state index in [2.05, 4.69) is 215 Å². The van der Waals surface area contributed by atoms with E-state index in [0.29, 0.717) is 19.3 Å². The fourth-order valence-electron chi connectivity index (χ4n) is 13.8. The number of hydrogen-bond acceptors (Lipinski definition) is 14. The molecule has 5 unspecified atom stereocenters. The monoisotopic (exact) mass is 1810 g/mol. The Morgan fingerprint density at radius 3 is 0.622 bits per heavy atom. The number of unbranched alkanes of at least 4 members (excludes halogenated alkanes) is 40. The van der Waals surface area contributed by atoms with Gasteiger partial charge in [-0.25, -0.2) is 9.13 Å². The van der Waals surface area contributed by atoms with Crippen molar-refractivity contribution in [3.8, 4) is 0 Å². The first-order chi connectivity index (χ1) is 62.2. The largest absolute Gasteiger partial charge is 0.472 e. The van der Waals surface area contributed by atoms with Crippen LogP contribution in [0.25, 0.3) is 0 Å². The van der Waals surface area contributed by atoms with Gasteiger partial charge in [0.15, 0.2) is 6.10 Å². The second-order valence-corrected chi connectivity index (χ2v) is 36.4. The van der Waals surface area contributed by atoms with Gasteiger partial charge in [0.25, 0.3) is 0 Å². The molecule has 0 radical (unpaired) electrons. The molecule has 0 saturated heterocycles. The zero-order valence-electron chi connectivity index (χ0n) is 80.4. The molecule has 0 aliphatic carbocycles. The molecule has 0 aliphatic heterocycles. The first-order valence-corrected chi connectivity index (χ1v) is 53.7. The average Bonchev–Trinajstić information content (AvgIpc) is 0.901. The summed E-state index contributed by atoms with van der Waals surface area (Å²) < 4.78 is 61.7. The van der Waals surface area contributed by atoms with E-state index in [-0.39, 0.29) is 19.3 Å². The number of allylic oxidation sites excluding steroid dienone is 32. The summed E-state index contributed by atoms with van der Waals surface area (Å²) in [6, 6.07) is 0. The zero-order valence-corrected chi connectivity index (χ0v) is 82.2. The third kappa shape index (κ3) is 101. The number of ether oxygens (including phenoxy) is 3. The first-order valence-electron chi connectivity index (χ1n) is 50.7. The SMILES string of the molecule is CC/C=C\C/C=C\C/C=C\C/C=C\C/C=C\C/C=C\CCCCCCCCCCCCC(=O)OCC(COP(=O)(O)OCC(O)COP(=O)(O)OCC(O)COC(=O)CCCCCCCCCCCCCCCCCCCCC/C=C\C/C=C\C/C=C\C/C=C\C/C=C\CC)OC(=O)CCCCCCCCCCCCC/C=C\C/C=C\C/C=C\C/C=C\C/C=C\CC. The summed E-state index contributed by atoms with van der Waals surface area (Å²) in [7, 11) is -9.82. The lowest BCUT2D eigenvalue weighted by Crippen LogP contribution is -2.30. The van der Waals surface area contributed by atoms with Crippen molar-refractivity contribution in [2.75, 3.05) is 39.6 Å². The molecule has 16 nitrogen and oxygen atoms in total. The smallest absolute Gasteiger partial charge is 0.463 e. The number of hydrogen-bond donors (Lipinski definition) is 4. The number of carbonyl (C=O) groups is 3. The Morgan fingerprint density at radius 1 is 0.220 bits per heavy atom. The van der Waals surface area contributed by atoms with Crippen molar-refractivity contribution in [1.82, 2.24) is 0 Å². The molecular weight excluding hydrogens is 1630 g/mol. The van der Waals surface area contributed by atoms with Gasteiger partial charge in [0, 0.05) is 19.3 Å². The fourth-order valence-corrected chi connectivity index (χ4v) is 15.3. The highest BCUT2D eigenvalue weighted by molar-refractivity contribution is 7.47. The summed E-state index contributed by atoms with van der Waals surface area (Å²) in [5.41, 5.74) is 0. The third-order valence-electron chi connectivity index (χ3n) is 21.3. The van der Waals surface area contributed by atoms with Crippen molar-refractivity contribution < 1.29 is 75.8 Å². The minimum absolute atomic E-state index is 0.0943. The van der Waals surface area contributed by atoms with E-state index < -0.39 is 91.5 Å². The first kappa shape index (κ1) is 121. The molecule has 0 heterocycles. The lowest BCUT2D eigenvalue weighted by Gasteiger charge is -2.21. The molecule has 0 spiro atoms. The quantitative estimate of drug-likeness (QED) is 0.0146. The van der Waals surface area contributed by atoms with E-state index in [0.717, 1.165) is 186 Å². The minimum atomic E-state index is -4.95. The van der Waals surface area contributed by atoms with Gasteiger partial charge in [0.05, 0.1) is 26.4 Å². The maximum absolute atomic E-state index is 13.1. The maximum Gasteiger partial charge on any atom is 0.472 e. The summed E-state index contributed by atoms with van der Waals surface area (Å²) in [6.07, 6.45) is 133. The van der Waals surface area contributed by atoms with Crippen LogP contribution in [-0.4, -0.2) is 95.9 Å². The van der Waals surface area contributed by atoms with Crippen LogP contribution in [0.1, 0.15) is 419 Å². The second kappa shape index (κ2) is 99.4. The van der Waals surface area contributed by atoms with Gasteiger partial charge in [-0.1, -0.05) is 434 Å². The van der Waals surface area contributed by atoms with E-state index in [1.54, 1.807) is 0 Å². The normalized spacial score (nSPS) is 14.5. The van der Waals surface area contributed by atoms with Gasteiger partial charge < -0.3 is 34.2 Å². The number of esters is 3. The summed E-state index contributed by atoms with van der Waals surface area (Å²) in [4.78, 5) is 59.2. The molecule has 0 rings (SSSR count). The van der Waals surface area contributed by atoms with Crippen LogP contribution >= 0.6 is 15.6 Å². The number of phosphoric ester groups is 2. The van der Waals surface area contributed by atoms with Gasteiger partial charge in [-0.15, -0.1) is 0 Å². The van der Waals surface area contributed by atoms with Crippen molar-refractivity contribution in [2.24, 2.45) is 0 Å². The van der Waals surface area contributed by atoms with Gasteiger partial charge in [-0.2, -0.15) is 0 Å². The topological polar surface area (TPSA) is 231 Å². The third-order valence-corrected chi connectivity index (χ3v) is 23.2. The Morgan fingerprint density at radius 2 is 0.394 bits per heavy atom. The van der Waals surface area contributed by atoms with Crippen LogP contribution < -0.4 is 0 Å². The van der Waals surface area contributed by atoms with E-state index in [1.165, 1.54) is 173 Å². The number of rotatable bonds is 95. The van der Waals surface area contributed by atoms with Crippen molar-refractivity contribution >= 4 is 33.6 Å². The van der Waals surface area contributed by atoms with Gasteiger partial charge in [-0.3, -0.25) is 32.5 Å². The van der Waals surface area contributed by atoms with E-state index in [1.807, 2.05) is 0 Å². The Labute approximate surface area is 776 Å². The van der Waals surface area contributed by atoms with E-state index >= 15 is 0 Å². The van der Waals surface area contributed by atoms with Crippen molar-refractivity contribution in [1.29, 1.82) is 0 Å². The molecule has 726 valence electrons. The zero-order chi connectivity index (χ0) is 92.1. The van der Waals surface area contributed by atoms with Crippen molar-refractivity contribution in [3.63, 3.8) is 0 Å². The van der Waals surface area contributed by atoms with Gasteiger partial charge in [0.1, 0.15) is 25.4 Å². The Hall–Kier alpha value is -5.61. The molecule has 0 aromatic carbocycles. The summed E-state index contributed by atoms with van der Waals surface area (Å²) in [5.74, 6) is -1.57. The van der Waals surface area contributed by atoms with Crippen molar-refractivity contribution in [2.45, 2.75) is 437 Å². The lowest BCUT2D eigenvalue weighted by molar-refractivity contribution is -0.161. The molecule has 5 atom stereocenters. The highest BCUT2D eigenvalue weighted by atomic mass is 31.2. The van der Waals surface area contributed by atoms with Crippen LogP contribution in [0.15, 0.2) is 194 Å². The number of carbonyl (C=O) groups excluding carboxylic acids is 3. The number of phosphoric acid groups is 2. The number of aliphatic hydroxyl groups excluding tert-OH is 2. The summed E-state index contributed by atoms with van der Waals surface area (Å²) in [5, 5.41) is 20.8. The highest BCUT2D eigenvalue weighted by Gasteiger charge is 2.30. The molecule has 127 heavy (non-hydrogen) atoms. The van der Waals surface area contributed by atoms with Crippen LogP contribution in [0.4, 0.5) is 0 Å². The lowest BCUT2D eigenvalue weighted by atomic mass is 10.0. The molecule has 4 N–H and O–H groups in total. The fraction of sp³-hybridized carbons (Fsp3) is 0.679. The summed E-state index contributed by atoms with van der Waals surface area (Å²) in [6.45, 7) is 2.39. The maximum atomic E-state index is 13.1. The Balaban J connectivity index is 4.59. The molecule has 18 heteroatoms. The predicted molar refractivity (Wildman–Crippen MR) is 537 cm³/mol. The molecule has 0 saturated carbocycles. The molecule has 0 aliphatic rings. The highest BCUT2D eigenvalue weighted by Crippen LogP contribution is 2.45. The van der Waals surface area contributed by atoms with Crippen molar-refractivity contribution in [3.05, 3.63) is 194 Å². The molecule has 0 amide bonds. The molecule has 0 aromatic heterocycles. The number of aliphatic hydroxyl groups is 2. The van der Waals surface area contributed by atoms with Crippen LogP contribution in [-0.2, 0) is 55.8 Å². The van der Waals surface area contributed by atoms with Gasteiger partial charge >= 0.3 is 33.6 Å². The Kier molecular flexibility index (Phi) is 95.0. The molecular formula is C109H184O16P2. The minimum Gasteiger partial charge on any atom is -0.463 e. The van der Waals surface area contributed by atoms with E-state index in [9.17, 15) is 43.5 Å². The van der Waals surface area contributed by atoms with Crippen LogP contribution in [0.3, 0.4) is 0 Å². The standard InChI is InChI=1S/C109H184O16P2/c1-4-7-10-13-16-19-22-25-28-31-34-37-40-43-46-48-49-50-51-52-53-55-58-59-62-65-68-71-74-77-80-83-86-89-92-95-107(112)119-98-104(110)99-121-126(115,116)122-100-105(111)101-123-127(117,118)124-103-106(125-109(114)97-94-91-88-85-82-79-76-73-70-67-64-61-56-45-42-39-36-33-30-27-24-21-18-15-12-9-6-3)102-120-108(113)96-93-90-87-84-81-78-75-72-69-66-63-60-57-54-47-44-41-38-35-32-29-26-23-20-17-14-11-8-5-2/h7-12,16-21,25-30,34-39,43-47,56-57,60,104-106,110-111H,4-6,13-15,22-24,31-33,40-42,48-55,58-59,61-103H2,1-3H3,(H,115,116)(H,117,118)/b10-7-,11-8-,12-9-,19-16-,20-17-,21-18-,28-25-,29-26-,30-27-,37-34-,38-35-,39-36-,46-43-,47-44-,56-45-,60-57-. The van der Waals surface area contributed by atoms with E-state index in [4.69, 9.17) is 32.3 Å². The van der Waals surface area contributed by atoms with Crippen LogP contribution in [0.5, 0.6) is 0 Å². The predicted octanol–water partition coefficient (Wildman–Crippen LogP) is 32.1. The average molecular weight is 1810 g/mol. The Bertz CT molecular complexity index is 3090. The molecule has 0 aromatic rings. The molecule has 0 fully saturated rings.